The van der Waals surface area contributed by atoms with Crippen molar-refractivity contribution >= 4 is 22.5 Å². The number of ether oxygens (including phenoxy) is 1. The molecule has 0 atom stereocenters. The Morgan fingerprint density at radius 1 is 1.15 bits per heavy atom. The predicted molar refractivity (Wildman–Crippen MR) is 102 cm³/mol. The standard InChI is InChI=1S/C20H20N4O3/c25-19(13-24-20(26)17-10-3-4-11-18(17)22-23-24)21-14-6-5-9-16(12-14)27-15-7-1-2-8-15/h3-6,9-12,15H,1-2,7-8,13H2,(H,21,25). The molecule has 1 N–H and O–H groups in total. The Balaban J connectivity index is 1.45. The molecule has 1 saturated carbocycles. The minimum Gasteiger partial charge on any atom is -0.490 e. The highest BCUT2D eigenvalue weighted by atomic mass is 16.5. The van der Waals surface area contributed by atoms with Gasteiger partial charge >= 0.3 is 0 Å². The summed E-state index contributed by atoms with van der Waals surface area (Å²) in [7, 11) is 0. The second-order valence-corrected chi connectivity index (χ2v) is 6.67. The fourth-order valence-electron chi connectivity index (χ4n) is 3.31. The second-order valence-electron chi connectivity index (χ2n) is 6.67. The van der Waals surface area contributed by atoms with Gasteiger partial charge in [-0.15, -0.1) is 5.10 Å². The van der Waals surface area contributed by atoms with Gasteiger partial charge in [-0.2, -0.15) is 0 Å². The number of rotatable bonds is 5. The van der Waals surface area contributed by atoms with Crippen molar-refractivity contribution in [1.82, 2.24) is 15.0 Å². The summed E-state index contributed by atoms with van der Waals surface area (Å²) in [5.74, 6) is 0.391. The molecule has 1 aliphatic rings. The van der Waals surface area contributed by atoms with E-state index < -0.39 is 0 Å². The van der Waals surface area contributed by atoms with Crippen LogP contribution >= 0.6 is 0 Å². The predicted octanol–water partition coefficient (Wildman–Crippen LogP) is 2.75. The van der Waals surface area contributed by atoms with Crippen LogP contribution in [0.3, 0.4) is 0 Å². The van der Waals surface area contributed by atoms with Gasteiger partial charge in [-0.1, -0.05) is 23.4 Å². The number of nitrogens with zero attached hydrogens (tertiary/aromatic N) is 3. The van der Waals surface area contributed by atoms with E-state index in [-0.39, 0.29) is 24.1 Å². The number of hydrogen-bond donors (Lipinski definition) is 1. The first-order chi connectivity index (χ1) is 13.2. The minimum atomic E-state index is -0.348. The van der Waals surface area contributed by atoms with Gasteiger partial charge in [0.25, 0.3) is 5.56 Å². The molecule has 1 fully saturated rings. The summed E-state index contributed by atoms with van der Waals surface area (Å²) < 4.78 is 7.02. The Bertz CT molecular complexity index is 1020. The fourth-order valence-corrected chi connectivity index (χ4v) is 3.31. The molecular weight excluding hydrogens is 344 g/mol. The third-order valence-electron chi connectivity index (χ3n) is 4.65. The SMILES string of the molecule is O=C(Cn1nnc2ccccc2c1=O)Nc1cccc(OC2CCCC2)c1. The van der Waals surface area contributed by atoms with Gasteiger partial charge in [0.05, 0.1) is 11.5 Å². The van der Waals surface area contributed by atoms with Gasteiger partial charge in [0.2, 0.25) is 5.91 Å². The van der Waals surface area contributed by atoms with Crippen molar-refractivity contribution in [3.8, 4) is 5.75 Å². The van der Waals surface area contributed by atoms with Crippen LogP contribution in [0.1, 0.15) is 25.7 Å². The van der Waals surface area contributed by atoms with E-state index in [2.05, 4.69) is 15.6 Å². The van der Waals surface area contributed by atoms with Crippen molar-refractivity contribution in [3.05, 3.63) is 58.9 Å². The van der Waals surface area contributed by atoms with Crippen molar-refractivity contribution in [3.63, 3.8) is 0 Å². The maximum Gasteiger partial charge on any atom is 0.278 e. The summed E-state index contributed by atoms with van der Waals surface area (Å²) in [6.07, 6.45) is 4.79. The van der Waals surface area contributed by atoms with Crippen LogP contribution in [0.25, 0.3) is 10.9 Å². The number of fused-ring (bicyclic) bond motifs is 1. The van der Waals surface area contributed by atoms with Crippen LogP contribution in [0.5, 0.6) is 5.75 Å². The zero-order valence-electron chi connectivity index (χ0n) is 14.8. The Morgan fingerprint density at radius 2 is 1.96 bits per heavy atom. The molecule has 2 aromatic carbocycles. The highest BCUT2D eigenvalue weighted by Gasteiger charge is 2.16. The topological polar surface area (TPSA) is 86.1 Å². The van der Waals surface area contributed by atoms with E-state index in [1.165, 1.54) is 12.8 Å². The Morgan fingerprint density at radius 3 is 2.81 bits per heavy atom. The Labute approximate surface area is 156 Å². The fraction of sp³-hybridized carbons (Fsp3) is 0.300. The van der Waals surface area contributed by atoms with Crippen LogP contribution in [0, 0.1) is 0 Å². The maximum absolute atomic E-state index is 12.4. The van der Waals surface area contributed by atoms with Gasteiger partial charge in [0, 0.05) is 11.8 Å². The van der Waals surface area contributed by atoms with E-state index in [9.17, 15) is 9.59 Å². The number of benzene rings is 2. The zero-order chi connectivity index (χ0) is 18.6. The maximum atomic E-state index is 12.4. The van der Waals surface area contributed by atoms with Crippen LogP contribution < -0.4 is 15.6 Å². The average Bonchev–Trinajstić information content (AvgIpc) is 3.17. The molecule has 3 aromatic rings. The molecule has 4 rings (SSSR count). The number of amides is 1. The summed E-state index contributed by atoms with van der Waals surface area (Å²) >= 11 is 0. The van der Waals surface area contributed by atoms with Crippen molar-refractivity contribution in [2.24, 2.45) is 0 Å². The highest BCUT2D eigenvalue weighted by molar-refractivity contribution is 5.90. The molecule has 0 unspecified atom stereocenters. The number of hydrogen-bond acceptors (Lipinski definition) is 5. The third-order valence-corrected chi connectivity index (χ3v) is 4.65. The summed E-state index contributed by atoms with van der Waals surface area (Å²) in [5.41, 5.74) is 0.794. The molecule has 138 valence electrons. The molecule has 1 amide bonds. The van der Waals surface area contributed by atoms with E-state index in [0.29, 0.717) is 16.6 Å². The Hall–Kier alpha value is -3.22. The molecule has 7 nitrogen and oxygen atoms in total. The quantitative estimate of drug-likeness (QED) is 0.752. The second kappa shape index (κ2) is 7.57. The summed E-state index contributed by atoms with van der Waals surface area (Å²) in [6, 6.07) is 14.2. The van der Waals surface area contributed by atoms with E-state index in [1.807, 2.05) is 12.1 Å². The lowest BCUT2D eigenvalue weighted by Gasteiger charge is -2.14. The number of carbonyl (C=O) groups is 1. The van der Waals surface area contributed by atoms with Gasteiger partial charge in [-0.05, 0) is 49.9 Å². The Kier molecular flexibility index (Phi) is 4.82. The first-order valence-corrected chi connectivity index (χ1v) is 9.08. The smallest absolute Gasteiger partial charge is 0.278 e. The molecule has 7 heteroatoms. The summed E-state index contributed by atoms with van der Waals surface area (Å²) in [6.45, 7) is -0.204. The molecule has 0 spiro atoms. The van der Waals surface area contributed by atoms with Gasteiger partial charge in [0.1, 0.15) is 17.8 Å². The van der Waals surface area contributed by atoms with Crippen molar-refractivity contribution in [1.29, 1.82) is 0 Å². The zero-order valence-corrected chi connectivity index (χ0v) is 14.8. The van der Waals surface area contributed by atoms with E-state index in [1.54, 1.807) is 36.4 Å². The molecule has 0 aliphatic heterocycles. The van der Waals surface area contributed by atoms with E-state index >= 15 is 0 Å². The highest BCUT2D eigenvalue weighted by Crippen LogP contribution is 2.25. The van der Waals surface area contributed by atoms with Crippen molar-refractivity contribution in [2.45, 2.75) is 38.3 Å². The molecule has 0 saturated heterocycles. The lowest BCUT2D eigenvalue weighted by molar-refractivity contribution is -0.117. The number of carbonyl (C=O) groups excluding carboxylic acids is 1. The van der Waals surface area contributed by atoms with Crippen molar-refractivity contribution < 1.29 is 9.53 Å². The average molecular weight is 364 g/mol. The number of anilines is 1. The lowest BCUT2D eigenvalue weighted by Crippen LogP contribution is -2.30. The molecule has 0 bridgehead atoms. The normalized spacial score (nSPS) is 14.4. The minimum absolute atomic E-state index is 0.204. The van der Waals surface area contributed by atoms with Crippen LogP contribution in [0.15, 0.2) is 53.3 Å². The lowest BCUT2D eigenvalue weighted by atomic mass is 10.2. The largest absolute Gasteiger partial charge is 0.490 e. The molecule has 1 aliphatic carbocycles. The summed E-state index contributed by atoms with van der Waals surface area (Å²) in [4.78, 5) is 24.8. The van der Waals surface area contributed by atoms with Gasteiger partial charge < -0.3 is 10.1 Å². The van der Waals surface area contributed by atoms with Gasteiger partial charge in [-0.25, -0.2) is 4.68 Å². The van der Waals surface area contributed by atoms with Crippen molar-refractivity contribution in [2.75, 3.05) is 5.32 Å². The van der Waals surface area contributed by atoms with Crippen LogP contribution in [-0.2, 0) is 11.3 Å². The molecular formula is C20H20N4O3. The van der Waals surface area contributed by atoms with Gasteiger partial charge in [0.15, 0.2) is 0 Å². The molecule has 0 radical (unpaired) electrons. The van der Waals surface area contributed by atoms with Crippen LogP contribution in [0.2, 0.25) is 0 Å². The number of nitrogens with one attached hydrogen (secondary N) is 1. The first kappa shape index (κ1) is 17.2. The molecule has 27 heavy (non-hydrogen) atoms. The summed E-state index contributed by atoms with van der Waals surface area (Å²) in [5, 5.41) is 11.1. The van der Waals surface area contributed by atoms with Crippen LogP contribution in [0.4, 0.5) is 5.69 Å². The van der Waals surface area contributed by atoms with E-state index in [4.69, 9.17) is 4.74 Å². The van der Waals surface area contributed by atoms with Gasteiger partial charge in [-0.3, -0.25) is 9.59 Å². The van der Waals surface area contributed by atoms with Crippen LogP contribution in [-0.4, -0.2) is 27.0 Å². The molecule has 1 heterocycles. The number of aromatic nitrogens is 3. The molecule has 1 aromatic heterocycles. The third kappa shape index (κ3) is 3.97. The van der Waals surface area contributed by atoms with E-state index in [0.717, 1.165) is 23.3 Å². The first-order valence-electron chi connectivity index (χ1n) is 9.08. The monoisotopic (exact) mass is 364 g/mol.